The summed E-state index contributed by atoms with van der Waals surface area (Å²) in [6.45, 7) is 0. The minimum atomic E-state index is -0.733. The summed E-state index contributed by atoms with van der Waals surface area (Å²) in [5, 5.41) is 9.83. The molecule has 84 valence electrons. The van der Waals surface area contributed by atoms with Crippen molar-refractivity contribution in [3.05, 3.63) is 69.8 Å². The van der Waals surface area contributed by atoms with E-state index in [2.05, 4.69) is 0 Å². The Morgan fingerprint density at radius 3 is 1.88 bits per heavy atom. The van der Waals surface area contributed by atoms with Gasteiger partial charge in [0.05, 0.1) is 0 Å². The highest BCUT2D eigenvalue weighted by Gasteiger charge is 2.30. The zero-order valence-electron chi connectivity index (χ0n) is 8.87. The molecule has 1 aliphatic carbocycles. The quantitative estimate of drug-likeness (QED) is 0.585. The third-order valence-corrected chi connectivity index (χ3v) is 2.97. The van der Waals surface area contributed by atoms with Crippen LogP contribution in [0.5, 0.6) is 0 Å². The van der Waals surface area contributed by atoms with Gasteiger partial charge in [-0.25, -0.2) is 0 Å². The van der Waals surface area contributed by atoms with Crippen LogP contribution >= 0.6 is 0 Å². The highest BCUT2D eigenvalue weighted by Crippen LogP contribution is 2.44. The van der Waals surface area contributed by atoms with Crippen LogP contribution < -0.4 is 0 Å². The minimum absolute atomic E-state index is 0.600. The Bertz CT molecular complexity index is 549. The van der Waals surface area contributed by atoms with E-state index < -0.39 is 11.2 Å². The number of fused-ring (bicyclic) bond motifs is 3. The van der Waals surface area contributed by atoms with Crippen LogP contribution in [0.15, 0.2) is 48.5 Å². The molecule has 0 N–H and O–H groups in total. The Morgan fingerprint density at radius 2 is 1.41 bits per heavy atom. The van der Waals surface area contributed by atoms with E-state index in [0.29, 0.717) is 0 Å². The lowest BCUT2D eigenvalue weighted by atomic mass is 10.1. The first-order chi connectivity index (χ1) is 8.27. The third kappa shape index (κ3) is 1.45. The SMILES string of the molecule is O=[N+]([O-])OC1c2ccccc2-c2ccccc21. The average Bonchev–Trinajstić information content (AvgIpc) is 2.65. The standard InChI is InChI=1S/C13H9NO3/c15-14(16)17-13-11-7-3-1-5-9(11)10-6-2-4-8-12(10)13/h1-8,13H. The van der Waals surface area contributed by atoms with Crippen molar-refractivity contribution in [1.82, 2.24) is 0 Å². The molecule has 0 atom stereocenters. The van der Waals surface area contributed by atoms with Crippen molar-refractivity contribution in [2.45, 2.75) is 6.10 Å². The fraction of sp³-hybridized carbons (Fsp3) is 0.0769. The first kappa shape index (κ1) is 9.84. The molecule has 0 heterocycles. The molecular weight excluding hydrogens is 218 g/mol. The second kappa shape index (κ2) is 3.59. The fourth-order valence-electron chi connectivity index (χ4n) is 2.31. The second-order valence-corrected chi connectivity index (χ2v) is 3.88. The van der Waals surface area contributed by atoms with Gasteiger partial charge in [-0.2, -0.15) is 0 Å². The number of rotatable bonds is 2. The average molecular weight is 227 g/mol. The molecule has 17 heavy (non-hydrogen) atoms. The zero-order chi connectivity index (χ0) is 11.8. The molecule has 0 bridgehead atoms. The van der Waals surface area contributed by atoms with Crippen LogP contribution in [-0.4, -0.2) is 5.09 Å². The molecule has 0 unspecified atom stereocenters. The van der Waals surface area contributed by atoms with Gasteiger partial charge >= 0.3 is 0 Å². The molecule has 0 fully saturated rings. The summed E-state index contributed by atoms with van der Waals surface area (Å²) in [7, 11) is 0. The molecule has 3 rings (SSSR count). The van der Waals surface area contributed by atoms with Crippen LogP contribution in [-0.2, 0) is 4.84 Å². The highest BCUT2D eigenvalue weighted by atomic mass is 17.0. The van der Waals surface area contributed by atoms with Gasteiger partial charge in [-0.3, -0.25) is 0 Å². The first-order valence-electron chi connectivity index (χ1n) is 5.27. The largest absolute Gasteiger partial charge is 0.301 e. The predicted molar refractivity (Wildman–Crippen MR) is 61.8 cm³/mol. The molecule has 2 aromatic carbocycles. The van der Waals surface area contributed by atoms with E-state index in [9.17, 15) is 10.1 Å². The van der Waals surface area contributed by atoms with Gasteiger partial charge in [0.25, 0.3) is 5.09 Å². The van der Waals surface area contributed by atoms with Crippen molar-refractivity contribution in [2.75, 3.05) is 0 Å². The van der Waals surface area contributed by atoms with Crippen LogP contribution in [0.25, 0.3) is 11.1 Å². The maximum atomic E-state index is 10.6. The highest BCUT2D eigenvalue weighted by molar-refractivity contribution is 5.77. The number of hydrogen-bond acceptors (Lipinski definition) is 3. The summed E-state index contributed by atoms with van der Waals surface area (Å²) < 4.78 is 0. The lowest BCUT2D eigenvalue weighted by molar-refractivity contribution is -0.768. The molecular formula is C13H9NO3. The van der Waals surface area contributed by atoms with E-state index in [1.807, 2.05) is 48.5 Å². The van der Waals surface area contributed by atoms with Crippen molar-refractivity contribution in [2.24, 2.45) is 0 Å². The van der Waals surface area contributed by atoms with Crippen molar-refractivity contribution >= 4 is 0 Å². The van der Waals surface area contributed by atoms with E-state index in [4.69, 9.17) is 4.84 Å². The number of benzene rings is 2. The molecule has 1 aliphatic rings. The Hall–Kier alpha value is -2.36. The van der Waals surface area contributed by atoms with E-state index in [0.717, 1.165) is 22.3 Å². The molecule has 2 aromatic rings. The summed E-state index contributed by atoms with van der Waals surface area (Å²) >= 11 is 0. The van der Waals surface area contributed by atoms with E-state index in [1.165, 1.54) is 0 Å². The van der Waals surface area contributed by atoms with Gasteiger partial charge in [-0.05, 0) is 22.3 Å². The van der Waals surface area contributed by atoms with Gasteiger partial charge in [0.1, 0.15) is 0 Å². The Kier molecular flexibility index (Phi) is 2.08. The summed E-state index contributed by atoms with van der Waals surface area (Å²) in [6, 6.07) is 15.2. The van der Waals surface area contributed by atoms with Crippen LogP contribution in [0.4, 0.5) is 0 Å². The van der Waals surface area contributed by atoms with Crippen LogP contribution in [0.3, 0.4) is 0 Å². The van der Waals surface area contributed by atoms with Crippen molar-refractivity contribution in [1.29, 1.82) is 0 Å². The van der Waals surface area contributed by atoms with Gasteiger partial charge in [0.15, 0.2) is 6.10 Å². The lowest BCUT2D eigenvalue weighted by Crippen LogP contribution is -2.08. The lowest BCUT2D eigenvalue weighted by Gasteiger charge is -2.10. The topological polar surface area (TPSA) is 52.4 Å². The molecule has 0 spiro atoms. The maximum Gasteiger partial charge on any atom is 0.295 e. The van der Waals surface area contributed by atoms with E-state index in [1.54, 1.807) is 0 Å². The molecule has 0 amide bonds. The molecule has 0 aliphatic heterocycles. The van der Waals surface area contributed by atoms with Gasteiger partial charge < -0.3 is 4.84 Å². The van der Waals surface area contributed by atoms with Crippen molar-refractivity contribution < 1.29 is 9.92 Å². The Morgan fingerprint density at radius 1 is 0.941 bits per heavy atom. The third-order valence-electron chi connectivity index (χ3n) is 2.97. The number of hydrogen-bond donors (Lipinski definition) is 0. The summed E-state index contributed by atoms with van der Waals surface area (Å²) in [5.41, 5.74) is 3.72. The summed E-state index contributed by atoms with van der Waals surface area (Å²) in [6.07, 6.45) is -0.600. The Labute approximate surface area is 97.6 Å². The summed E-state index contributed by atoms with van der Waals surface area (Å²) in [4.78, 5) is 15.3. The second-order valence-electron chi connectivity index (χ2n) is 3.88. The van der Waals surface area contributed by atoms with Gasteiger partial charge in [0.2, 0.25) is 0 Å². The fourth-order valence-corrected chi connectivity index (χ4v) is 2.31. The molecule has 4 heteroatoms. The smallest absolute Gasteiger partial charge is 0.295 e. The van der Waals surface area contributed by atoms with Gasteiger partial charge in [-0.15, -0.1) is 10.1 Å². The van der Waals surface area contributed by atoms with Gasteiger partial charge in [-0.1, -0.05) is 48.5 Å². The maximum absolute atomic E-state index is 10.6. The van der Waals surface area contributed by atoms with Crippen LogP contribution in [0, 0.1) is 10.1 Å². The van der Waals surface area contributed by atoms with Crippen LogP contribution in [0.2, 0.25) is 0 Å². The molecule has 0 saturated heterocycles. The van der Waals surface area contributed by atoms with E-state index in [-0.39, 0.29) is 0 Å². The minimum Gasteiger partial charge on any atom is -0.301 e. The van der Waals surface area contributed by atoms with Crippen LogP contribution in [0.1, 0.15) is 17.2 Å². The number of nitrogens with zero attached hydrogens (tertiary/aromatic N) is 1. The monoisotopic (exact) mass is 227 g/mol. The summed E-state index contributed by atoms with van der Waals surface area (Å²) in [5.74, 6) is 0. The van der Waals surface area contributed by atoms with E-state index >= 15 is 0 Å². The predicted octanol–water partition coefficient (Wildman–Crippen LogP) is 2.96. The molecule has 0 aromatic heterocycles. The molecule has 0 saturated carbocycles. The van der Waals surface area contributed by atoms with Gasteiger partial charge in [0, 0.05) is 0 Å². The first-order valence-corrected chi connectivity index (χ1v) is 5.27. The molecule has 4 nitrogen and oxygen atoms in total. The normalized spacial score (nSPS) is 12.9. The Balaban J connectivity index is 2.20. The molecule has 0 radical (unpaired) electrons. The van der Waals surface area contributed by atoms with Crippen molar-refractivity contribution in [3.8, 4) is 11.1 Å². The van der Waals surface area contributed by atoms with Crippen molar-refractivity contribution in [3.63, 3.8) is 0 Å². The zero-order valence-corrected chi connectivity index (χ0v) is 8.87.